The van der Waals surface area contributed by atoms with E-state index in [9.17, 15) is 0 Å². The highest BCUT2D eigenvalue weighted by molar-refractivity contribution is 4.61. The fourth-order valence-corrected chi connectivity index (χ4v) is 1.55. The van der Waals surface area contributed by atoms with Crippen molar-refractivity contribution in [2.45, 2.75) is 73.6 Å². The summed E-state index contributed by atoms with van der Waals surface area (Å²) < 4.78 is 0. The third kappa shape index (κ3) is 9.92. The van der Waals surface area contributed by atoms with Gasteiger partial charge in [-0.2, -0.15) is 0 Å². The Hall–Kier alpha value is 0. The van der Waals surface area contributed by atoms with Crippen molar-refractivity contribution in [3.63, 3.8) is 0 Å². The first-order chi connectivity index (χ1) is 6.22. The van der Waals surface area contributed by atoms with Crippen LogP contribution in [-0.4, -0.2) is 0 Å². The molecule has 2 atom stereocenters. The Morgan fingerprint density at radius 3 is 1.62 bits per heavy atom. The Balaban J connectivity index is 0. The molecule has 0 heteroatoms. The molecule has 0 nitrogen and oxygen atoms in total. The second-order valence-electron chi connectivity index (χ2n) is 3.89. The molecule has 0 saturated carbocycles. The molecule has 13 heavy (non-hydrogen) atoms. The van der Waals surface area contributed by atoms with Gasteiger partial charge in [0.25, 0.3) is 0 Å². The number of rotatable bonds is 6. The lowest BCUT2D eigenvalue weighted by molar-refractivity contribution is 0.333. The van der Waals surface area contributed by atoms with Gasteiger partial charge in [-0.25, -0.2) is 0 Å². The third-order valence-corrected chi connectivity index (χ3v) is 2.73. The monoisotopic (exact) mass is 186 g/mol. The van der Waals surface area contributed by atoms with E-state index < -0.39 is 0 Å². The van der Waals surface area contributed by atoms with Gasteiger partial charge in [0.05, 0.1) is 0 Å². The van der Waals surface area contributed by atoms with E-state index in [2.05, 4.69) is 27.7 Å². The summed E-state index contributed by atoms with van der Waals surface area (Å²) in [5.74, 6) is 1.88. The molecule has 0 fully saturated rings. The lowest BCUT2D eigenvalue weighted by Crippen LogP contribution is -2.07. The zero-order chi connectivity index (χ0) is 10.7. The molecule has 0 aromatic rings. The van der Waals surface area contributed by atoms with Gasteiger partial charge in [0.15, 0.2) is 0 Å². The fourth-order valence-electron chi connectivity index (χ4n) is 1.55. The predicted molar refractivity (Wildman–Crippen MR) is 64.1 cm³/mol. The summed E-state index contributed by atoms with van der Waals surface area (Å²) in [4.78, 5) is 0. The summed E-state index contributed by atoms with van der Waals surface area (Å²) in [6.45, 7) is 13.3. The molecule has 0 amide bonds. The standard InChI is InChI=1S/C11H24.C2H6/c1-5-7-9-11(4)10(3)8-6-2;1-2/h10-11H,5-9H2,1-4H3;1-2H3. The smallest absolute Gasteiger partial charge is 0.0417 e. The first-order valence-electron chi connectivity index (χ1n) is 6.22. The molecule has 0 aromatic carbocycles. The topological polar surface area (TPSA) is 0 Å². The van der Waals surface area contributed by atoms with Crippen LogP contribution in [0.5, 0.6) is 0 Å². The molecule has 0 heterocycles. The van der Waals surface area contributed by atoms with Crippen molar-refractivity contribution in [2.75, 3.05) is 0 Å². The Morgan fingerprint density at radius 1 is 0.769 bits per heavy atom. The van der Waals surface area contributed by atoms with Crippen molar-refractivity contribution in [3.05, 3.63) is 0 Å². The number of hydrogen-bond acceptors (Lipinski definition) is 0. The summed E-state index contributed by atoms with van der Waals surface area (Å²) in [5.41, 5.74) is 0. The largest absolute Gasteiger partial charge is 0.0683 e. The molecule has 0 radical (unpaired) electrons. The lowest BCUT2D eigenvalue weighted by Gasteiger charge is -2.18. The quantitative estimate of drug-likeness (QED) is 0.530. The normalized spacial score (nSPS) is 14.3. The average Bonchev–Trinajstić information content (AvgIpc) is 2.17. The van der Waals surface area contributed by atoms with Crippen LogP contribution in [0.15, 0.2) is 0 Å². The van der Waals surface area contributed by atoms with Gasteiger partial charge in [-0.3, -0.25) is 0 Å². The molecular weight excluding hydrogens is 156 g/mol. The molecule has 0 aliphatic carbocycles. The van der Waals surface area contributed by atoms with E-state index in [1.165, 1.54) is 32.1 Å². The van der Waals surface area contributed by atoms with E-state index in [-0.39, 0.29) is 0 Å². The van der Waals surface area contributed by atoms with Gasteiger partial charge in [0, 0.05) is 0 Å². The van der Waals surface area contributed by atoms with Crippen LogP contribution in [0.3, 0.4) is 0 Å². The van der Waals surface area contributed by atoms with E-state index >= 15 is 0 Å². The zero-order valence-electron chi connectivity index (χ0n) is 10.7. The average molecular weight is 186 g/mol. The minimum Gasteiger partial charge on any atom is -0.0683 e. The third-order valence-electron chi connectivity index (χ3n) is 2.73. The summed E-state index contributed by atoms with van der Waals surface area (Å²) in [6, 6.07) is 0. The molecule has 2 unspecified atom stereocenters. The maximum atomic E-state index is 2.40. The van der Waals surface area contributed by atoms with Crippen molar-refractivity contribution in [2.24, 2.45) is 11.8 Å². The maximum Gasteiger partial charge on any atom is -0.0417 e. The molecule has 0 bridgehead atoms. The highest BCUT2D eigenvalue weighted by atomic mass is 14.1. The van der Waals surface area contributed by atoms with Crippen LogP contribution in [0.25, 0.3) is 0 Å². The molecule has 0 N–H and O–H groups in total. The summed E-state index contributed by atoms with van der Waals surface area (Å²) in [6.07, 6.45) is 6.94. The molecule has 0 spiro atoms. The van der Waals surface area contributed by atoms with E-state index in [4.69, 9.17) is 0 Å². The van der Waals surface area contributed by atoms with Crippen molar-refractivity contribution in [1.82, 2.24) is 0 Å². The van der Waals surface area contributed by atoms with E-state index in [1.54, 1.807) is 0 Å². The second kappa shape index (κ2) is 12.0. The fraction of sp³-hybridized carbons (Fsp3) is 1.00. The molecule has 82 valence electrons. The minimum absolute atomic E-state index is 0.937. The first-order valence-corrected chi connectivity index (χ1v) is 6.22. The van der Waals surface area contributed by atoms with E-state index in [0.29, 0.717) is 0 Å². The highest BCUT2D eigenvalue weighted by Gasteiger charge is 2.09. The number of hydrogen-bond donors (Lipinski definition) is 0. The zero-order valence-corrected chi connectivity index (χ0v) is 10.7. The van der Waals surface area contributed by atoms with Gasteiger partial charge in [-0.1, -0.05) is 73.6 Å². The van der Waals surface area contributed by atoms with Crippen LogP contribution in [0.1, 0.15) is 73.6 Å². The Morgan fingerprint density at radius 2 is 1.23 bits per heavy atom. The van der Waals surface area contributed by atoms with Gasteiger partial charge < -0.3 is 0 Å². The van der Waals surface area contributed by atoms with Gasteiger partial charge in [0.1, 0.15) is 0 Å². The summed E-state index contributed by atoms with van der Waals surface area (Å²) >= 11 is 0. The second-order valence-corrected chi connectivity index (χ2v) is 3.89. The Kier molecular flexibility index (Phi) is 14.3. The summed E-state index contributed by atoms with van der Waals surface area (Å²) in [7, 11) is 0. The van der Waals surface area contributed by atoms with Crippen LogP contribution >= 0.6 is 0 Å². The maximum absolute atomic E-state index is 2.40. The van der Waals surface area contributed by atoms with Crippen LogP contribution in [0, 0.1) is 11.8 Å². The highest BCUT2D eigenvalue weighted by Crippen LogP contribution is 2.21. The summed E-state index contributed by atoms with van der Waals surface area (Å²) in [5, 5.41) is 0. The van der Waals surface area contributed by atoms with Gasteiger partial charge >= 0.3 is 0 Å². The molecule has 0 aromatic heterocycles. The Labute approximate surface area is 86.1 Å². The van der Waals surface area contributed by atoms with Crippen molar-refractivity contribution < 1.29 is 0 Å². The Bertz CT molecular complexity index is 76.1. The van der Waals surface area contributed by atoms with Crippen molar-refractivity contribution in [3.8, 4) is 0 Å². The molecular formula is C13H30. The van der Waals surface area contributed by atoms with Gasteiger partial charge in [-0.05, 0) is 11.8 Å². The molecule has 0 saturated heterocycles. The van der Waals surface area contributed by atoms with E-state index in [0.717, 1.165) is 11.8 Å². The molecule has 0 rings (SSSR count). The van der Waals surface area contributed by atoms with Crippen LogP contribution in [0.4, 0.5) is 0 Å². The van der Waals surface area contributed by atoms with Gasteiger partial charge in [-0.15, -0.1) is 0 Å². The minimum atomic E-state index is 0.937. The van der Waals surface area contributed by atoms with Crippen LogP contribution in [0.2, 0.25) is 0 Å². The van der Waals surface area contributed by atoms with Crippen LogP contribution < -0.4 is 0 Å². The first kappa shape index (κ1) is 15.5. The number of unbranched alkanes of at least 4 members (excludes halogenated alkanes) is 1. The van der Waals surface area contributed by atoms with E-state index in [1.807, 2.05) is 13.8 Å². The van der Waals surface area contributed by atoms with Crippen molar-refractivity contribution >= 4 is 0 Å². The lowest BCUT2D eigenvalue weighted by atomic mass is 9.88. The van der Waals surface area contributed by atoms with Gasteiger partial charge in [0.2, 0.25) is 0 Å². The SMILES string of the molecule is CC.CCCCC(C)C(C)CCC. The predicted octanol–water partition coefficient (Wildman–Crippen LogP) is 5.28. The van der Waals surface area contributed by atoms with Crippen molar-refractivity contribution in [1.29, 1.82) is 0 Å². The molecule has 0 aliphatic rings. The molecule has 0 aliphatic heterocycles. The van der Waals surface area contributed by atoms with Crippen LogP contribution in [-0.2, 0) is 0 Å².